The van der Waals surface area contributed by atoms with Gasteiger partial charge in [0, 0.05) is 35.4 Å². The van der Waals surface area contributed by atoms with E-state index in [9.17, 15) is 4.79 Å². The van der Waals surface area contributed by atoms with Gasteiger partial charge < -0.3 is 15.8 Å². The Bertz CT molecular complexity index is 624. The maximum absolute atomic E-state index is 12.2. The van der Waals surface area contributed by atoms with Crippen molar-refractivity contribution in [2.45, 2.75) is 25.0 Å². The van der Waals surface area contributed by atoms with Gasteiger partial charge in [0.25, 0.3) is 5.91 Å². The second kappa shape index (κ2) is 5.56. The zero-order valence-corrected chi connectivity index (χ0v) is 11.1. The fraction of sp³-hybridized carbons (Fsp3) is 0.333. The molecule has 0 spiro atoms. The van der Waals surface area contributed by atoms with Crippen LogP contribution in [0, 0.1) is 0 Å². The lowest BCUT2D eigenvalue weighted by Gasteiger charge is -2.14. The van der Waals surface area contributed by atoms with E-state index in [0.29, 0.717) is 6.54 Å². The van der Waals surface area contributed by atoms with Crippen molar-refractivity contribution in [1.82, 2.24) is 4.98 Å². The third-order valence-electron chi connectivity index (χ3n) is 3.60. The molecule has 2 heterocycles. The Morgan fingerprint density at radius 2 is 2.30 bits per heavy atom. The number of nitrogens with zero attached hydrogens (tertiary/aromatic N) is 1. The number of aromatic nitrogens is 1. The molecule has 5 heteroatoms. The molecule has 1 aromatic heterocycles. The maximum atomic E-state index is 12.2. The van der Waals surface area contributed by atoms with E-state index in [4.69, 9.17) is 10.5 Å². The fourth-order valence-corrected chi connectivity index (χ4v) is 2.52. The van der Waals surface area contributed by atoms with Gasteiger partial charge in [-0.1, -0.05) is 12.1 Å². The van der Waals surface area contributed by atoms with Gasteiger partial charge in [-0.15, -0.1) is 0 Å². The van der Waals surface area contributed by atoms with Crippen molar-refractivity contribution in [3.05, 3.63) is 36.7 Å². The number of ether oxygens (including phenoxy) is 1. The van der Waals surface area contributed by atoms with Crippen LogP contribution < -0.4 is 11.1 Å². The average Bonchev–Trinajstić information content (AvgIpc) is 2.97. The third kappa shape index (κ3) is 2.50. The number of nitrogens with two attached hydrogens (primary N) is 1. The molecule has 1 amide bonds. The number of rotatable bonds is 3. The minimum absolute atomic E-state index is 0.00228. The van der Waals surface area contributed by atoms with Gasteiger partial charge in [0.2, 0.25) is 0 Å². The molecule has 0 saturated carbocycles. The van der Waals surface area contributed by atoms with E-state index in [1.54, 1.807) is 12.4 Å². The largest absolute Gasteiger partial charge is 0.364 e. The van der Waals surface area contributed by atoms with E-state index >= 15 is 0 Å². The first-order valence-corrected chi connectivity index (χ1v) is 6.77. The molecule has 1 saturated heterocycles. The van der Waals surface area contributed by atoms with Crippen molar-refractivity contribution >= 4 is 22.4 Å². The van der Waals surface area contributed by atoms with Gasteiger partial charge in [0.1, 0.15) is 6.10 Å². The number of benzene rings is 1. The molecule has 2 aromatic rings. The molecule has 2 unspecified atom stereocenters. The van der Waals surface area contributed by atoms with E-state index in [0.717, 1.165) is 29.3 Å². The lowest BCUT2D eigenvalue weighted by atomic mass is 10.1. The number of fused-ring (bicyclic) bond motifs is 1. The Hall–Kier alpha value is -1.98. The van der Waals surface area contributed by atoms with Crippen molar-refractivity contribution in [2.75, 3.05) is 11.9 Å². The molecule has 0 radical (unpaired) electrons. The van der Waals surface area contributed by atoms with Crippen molar-refractivity contribution in [2.24, 2.45) is 5.73 Å². The highest BCUT2D eigenvalue weighted by Crippen LogP contribution is 2.24. The lowest BCUT2D eigenvalue weighted by molar-refractivity contribution is -0.126. The number of nitrogens with one attached hydrogen (secondary N) is 1. The highest BCUT2D eigenvalue weighted by molar-refractivity contribution is 6.03. The third-order valence-corrected chi connectivity index (χ3v) is 3.60. The number of hydrogen-bond acceptors (Lipinski definition) is 4. The molecule has 1 aliphatic heterocycles. The minimum Gasteiger partial charge on any atom is -0.364 e. The van der Waals surface area contributed by atoms with Crippen LogP contribution in [0.4, 0.5) is 5.69 Å². The monoisotopic (exact) mass is 271 g/mol. The van der Waals surface area contributed by atoms with Gasteiger partial charge in [0.15, 0.2) is 0 Å². The van der Waals surface area contributed by atoms with Gasteiger partial charge in [-0.05, 0) is 25.0 Å². The van der Waals surface area contributed by atoms with Crippen molar-refractivity contribution in [3.63, 3.8) is 0 Å². The Labute approximate surface area is 117 Å². The highest BCUT2D eigenvalue weighted by atomic mass is 16.5. The summed E-state index contributed by atoms with van der Waals surface area (Å²) in [7, 11) is 0. The summed E-state index contributed by atoms with van der Waals surface area (Å²) in [4.78, 5) is 16.3. The standard InChI is InChI=1S/C15H17N3O2/c16-8-11-4-5-14(20-11)15(19)18-13-3-1-2-10-9-17-7-6-12(10)13/h1-3,6-7,9,11,14H,4-5,8,16H2,(H,18,19). The van der Waals surface area contributed by atoms with Crippen molar-refractivity contribution in [3.8, 4) is 0 Å². The molecule has 1 aliphatic rings. The number of carbonyl (C=O) groups is 1. The zero-order valence-electron chi connectivity index (χ0n) is 11.1. The lowest BCUT2D eigenvalue weighted by Crippen LogP contribution is -2.29. The molecule has 1 aromatic carbocycles. The predicted octanol–water partition coefficient (Wildman–Crippen LogP) is 1.68. The molecule has 1 fully saturated rings. The Balaban J connectivity index is 1.78. The van der Waals surface area contributed by atoms with E-state index in [2.05, 4.69) is 10.3 Å². The number of pyridine rings is 1. The van der Waals surface area contributed by atoms with Crippen molar-refractivity contribution < 1.29 is 9.53 Å². The summed E-state index contributed by atoms with van der Waals surface area (Å²) in [6.45, 7) is 0.462. The Morgan fingerprint density at radius 3 is 3.10 bits per heavy atom. The number of carbonyl (C=O) groups excluding carboxylic acids is 1. The molecule has 5 nitrogen and oxygen atoms in total. The first kappa shape index (κ1) is 13.0. The van der Waals surface area contributed by atoms with E-state index in [-0.39, 0.29) is 12.0 Å². The molecule has 104 valence electrons. The zero-order chi connectivity index (χ0) is 13.9. The number of amides is 1. The summed E-state index contributed by atoms with van der Waals surface area (Å²) in [5, 5.41) is 4.91. The molecule has 20 heavy (non-hydrogen) atoms. The van der Waals surface area contributed by atoms with Gasteiger partial charge in [-0.3, -0.25) is 9.78 Å². The van der Waals surface area contributed by atoms with Crippen LogP contribution in [0.3, 0.4) is 0 Å². The molecule has 3 N–H and O–H groups in total. The highest BCUT2D eigenvalue weighted by Gasteiger charge is 2.29. The molecule has 3 rings (SSSR count). The number of hydrogen-bond donors (Lipinski definition) is 2. The molecular weight excluding hydrogens is 254 g/mol. The molecule has 0 aliphatic carbocycles. The van der Waals surface area contributed by atoms with Crippen LogP contribution in [0.2, 0.25) is 0 Å². The van der Waals surface area contributed by atoms with Crippen LogP contribution in [-0.4, -0.2) is 29.6 Å². The quantitative estimate of drug-likeness (QED) is 0.890. The Kier molecular flexibility index (Phi) is 3.62. The summed E-state index contributed by atoms with van der Waals surface area (Å²) in [6.07, 6.45) is 4.66. The van der Waals surface area contributed by atoms with Crippen LogP contribution in [0.15, 0.2) is 36.7 Å². The second-order valence-electron chi connectivity index (χ2n) is 4.95. The summed E-state index contributed by atoms with van der Waals surface area (Å²) >= 11 is 0. The van der Waals surface area contributed by atoms with Crippen LogP contribution in [-0.2, 0) is 9.53 Å². The topological polar surface area (TPSA) is 77.2 Å². The molecule has 2 atom stereocenters. The van der Waals surface area contributed by atoms with Crippen LogP contribution in [0.1, 0.15) is 12.8 Å². The van der Waals surface area contributed by atoms with Crippen LogP contribution in [0.5, 0.6) is 0 Å². The normalized spacial score (nSPS) is 22.1. The summed E-state index contributed by atoms with van der Waals surface area (Å²) in [5.74, 6) is -0.106. The van der Waals surface area contributed by atoms with Crippen molar-refractivity contribution in [1.29, 1.82) is 0 Å². The second-order valence-corrected chi connectivity index (χ2v) is 4.95. The summed E-state index contributed by atoms with van der Waals surface area (Å²) < 4.78 is 5.61. The van der Waals surface area contributed by atoms with E-state index in [1.807, 2.05) is 24.3 Å². The Morgan fingerprint density at radius 1 is 1.40 bits per heavy atom. The first-order valence-electron chi connectivity index (χ1n) is 6.77. The van der Waals surface area contributed by atoms with Gasteiger partial charge in [-0.25, -0.2) is 0 Å². The predicted molar refractivity (Wildman–Crippen MR) is 77.3 cm³/mol. The van der Waals surface area contributed by atoms with Gasteiger partial charge in [0.05, 0.1) is 6.10 Å². The molecule has 0 bridgehead atoms. The van der Waals surface area contributed by atoms with E-state index < -0.39 is 6.10 Å². The summed E-state index contributed by atoms with van der Waals surface area (Å²) in [6, 6.07) is 7.64. The van der Waals surface area contributed by atoms with Crippen LogP contribution >= 0.6 is 0 Å². The first-order chi connectivity index (χ1) is 9.78. The fourth-order valence-electron chi connectivity index (χ4n) is 2.52. The SMILES string of the molecule is NCC1CCC(C(=O)Nc2cccc3cnccc23)O1. The minimum atomic E-state index is -0.402. The van der Waals surface area contributed by atoms with Gasteiger partial charge in [-0.2, -0.15) is 0 Å². The number of anilines is 1. The maximum Gasteiger partial charge on any atom is 0.253 e. The summed E-state index contributed by atoms with van der Waals surface area (Å²) in [5.41, 5.74) is 6.35. The van der Waals surface area contributed by atoms with Gasteiger partial charge >= 0.3 is 0 Å². The average molecular weight is 271 g/mol. The molecular formula is C15H17N3O2. The van der Waals surface area contributed by atoms with E-state index in [1.165, 1.54) is 0 Å². The smallest absolute Gasteiger partial charge is 0.253 e. The van der Waals surface area contributed by atoms with Crippen LogP contribution in [0.25, 0.3) is 10.8 Å².